The predicted molar refractivity (Wildman–Crippen MR) is 82.0 cm³/mol. The van der Waals surface area contributed by atoms with Gasteiger partial charge in [0.1, 0.15) is 5.56 Å². The van der Waals surface area contributed by atoms with E-state index in [0.29, 0.717) is 13.1 Å². The van der Waals surface area contributed by atoms with E-state index in [1.54, 1.807) is 6.07 Å². The lowest BCUT2D eigenvalue weighted by Crippen LogP contribution is -2.35. The smallest absolute Gasteiger partial charge is 0.342 e. The van der Waals surface area contributed by atoms with Crippen molar-refractivity contribution >= 4 is 11.9 Å². The molecule has 0 aliphatic heterocycles. The van der Waals surface area contributed by atoms with Crippen molar-refractivity contribution in [3.63, 3.8) is 0 Å². The van der Waals surface area contributed by atoms with Crippen molar-refractivity contribution in [2.75, 3.05) is 26.8 Å². The molecule has 6 nitrogen and oxygen atoms in total. The van der Waals surface area contributed by atoms with Gasteiger partial charge in [-0.3, -0.25) is 4.79 Å². The number of benzene rings is 1. The minimum Gasteiger partial charge on any atom is -0.504 e. The highest BCUT2D eigenvalue weighted by atomic mass is 16.5. The van der Waals surface area contributed by atoms with Crippen LogP contribution >= 0.6 is 0 Å². The van der Waals surface area contributed by atoms with Gasteiger partial charge in [0.15, 0.2) is 18.1 Å². The summed E-state index contributed by atoms with van der Waals surface area (Å²) in [5.74, 6) is -1.24. The molecule has 6 heteroatoms. The van der Waals surface area contributed by atoms with Gasteiger partial charge in [-0.1, -0.05) is 18.2 Å². The summed E-state index contributed by atoms with van der Waals surface area (Å²) < 4.78 is 9.88. The quantitative estimate of drug-likeness (QED) is 0.616. The Kier molecular flexibility index (Phi) is 6.44. The van der Waals surface area contributed by atoms with Gasteiger partial charge in [0.2, 0.25) is 0 Å². The summed E-state index contributed by atoms with van der Waals surface area (Å²) in [6, 6.07) is 4.47. The summed E-state index contributed by atoms with van der Waals surface area (Å²) >= 11 is 0. The van der Waals surface area contributed by atoms with E-state index in [-0.39, 0.29) is 23.0 Å². The Labute approximate surface area is 129 Å². The number of likely N-dealkylation sites (N-methyl/N-ethyl adjacent to an activating group) is 1. The summed E-state index contributed by atoms with van der Waals surface area (Å²) in [5.41, 5.74) is 0.794. The summed E-state index contributed by atoms with van der Waals surface area (Å²) in [6.45, 7) is 7.91. The van der Waals surface area contributed by atoms with Crippen LogP contribution in [-0.4, -0.2) is 48.7 Å². The molecule has 120 valence electrons. The predicted octanol–water partition coefficient (Wildman–Crippen LogP) is 1.98. The van der Waals surface area contributed by atoms with E-state index < -0.39 is 12.6 Å². The Morgan fingerprint density at radius 3 is 2.59 bits per heavy atom. The van der Waals surface area contributed by atoms with Crippen LogP contribution in [0.5, 0.6) is 11.5 Å². The van der Waals surface area contributed by atoms with Gasteiger partial charge in [-0.05, 0) is 26.0 Å². The molecule has 0 radical (unpaired) electrons. The van der Waals surface area contributed by atoms with Crippen LogP contribution in [0, 0.1) is 0 Å². The van der Waals surface area contributed by atoms with Crippen LogP contribution in [0.15, 0.2) is 30.4 Å². The van der Waals surface area contributed by atoms with Crippen molar-refractivity contribution in [1.29, 1.82) is 0 Å². The molecule has 0 atom stereocenters. The van der Waals surface area contributed by atoms with Crippen molar-refractivity contribution in [2.45, 2.75) is 13.8 Å². The van der Waals surface area contributed by atoms with E-state index in [1.807, 2.05) is 13.8 Å². The van der Waals surface area contributed by atoms with E-state index in [2.05, 4.69) is 6.58 Å². The molecule has 0 aliphatic rings. The lowest BCUT2D eigenvalue weighted by Gasteiger charge is -2.20. The third-order valence-corrected chi connectivity index (χ3v) is 2.96. The summed E-state index contributed by atoms with van der Waals surface area (Å²) in [6.07, 6.45) is 0. The highest BCUT2D eigenvalue weighted by molar-refractivity contribution is 5.94. The molecule has 0 aliphatic carbocycles. The van der Waals surface area contributed by atoms with Crippen LogP contribution < -0.4 is 4.74 Å². The van der Waals surface area contributed by atoms with Crippen molar-refractivity contribution in [3.05, 3.63) is 35.9 Å². The Bertz CT molecular complexity index is 568. The summed E-state index contributed by atoms with van der Waals surface area (Å²) in [4.78, 5) is 25.4. The van der Waals surface area contributed by atoms with Crippen molar-refractivity contribution in [1.82, 2.24) is 4.90 Å². The van der Waals surface area contributed by atoms with E-state index in [0.717, 1.165) is 5.57 Å². The summed E-state index contributed by atoms with van der Waals surface area (Å²) in [7, 11) is 1.38. The van der Waals surface area contributed by atoms with Gasteiger partial charge in [-0.15, -0.1) is 0 Å². The molecule has 1 aromatic carbocycles. The number of hydrogen-bond donors (Lipinski definition) is 1. The van der Waals surface area contributed by atoms with E-state index in [9.17, 15) is 14.7 Å². The molecule has 0 saturated carbocycles. The number of nitrogens with zero attached hydrogens (tertiary/aromatic N) is 1. The number of esters is 1. The van der Waals surface area contributed by atoms with Crippen LogP contribution in [-0.2, 0) is 9.53 Å². The second-order valence-electron chi connectivity index (χ2n) is 4.80. The minimum absolute atomic E-state index is 0.0462. The molecule has 0 spiro atoms. The van der Waals surface area contributed by atoms with E-state index in [4.69, 9.17) is 9.47 Å². The third-order valence-electron chi connectivity index (χ3n) is 2.96. The molecular weight excluding hydrogens is 286 g/mol. The van der Waals surface area contributed by atoms with Gasteiger partial charge in [-0.2, -0.15) is 0 Å². The zero-order chi connectivity index (χ0) is 16.7. The number of rotatable bonds is 7. The Hall–Kier alpha value is -2.50. The number of phenols is 1. The topological polar surface area (TPSA) is 76.1 Å². The number of para-hydroxylation sites is 1. The average Bonchev–Trinajstić information content (AvgIpc) is 2.49. The first kappa shape index (κ1) is 17.6. The Balaban J connectivity index is 2.70. The van der Waals surface area contributed by atoms with Gasteiger partial charge < -0.3 is 19.5 Å². The minimum atomic E-state index is -0.781. The first-order valence-electron chi connectivity index (χ1n) is 6.85. The van der Waals surface area contributed by atoms with Gasteiger partial charge >= 0.3 is 5.97 Å². The monoisotopic (exact) mass is 307 g/mol. The maximum atomic E-state index is 12.0. The number of hydrogen-bond acceptors (Lipinski definition) is 5. The second-order valence-corrected chi connectivity index (χ2v) is 4.80. The SMILES string of the molecule is C=C(C)CN(CC)C(=O)COC(=O)c1cccc(OC)c1O. The van der Waals surface area contributed by atoms with E-state index in [1.165, 1.54) is 24.1 Å². The first-order valence-corrected chi connectivity index (χ1v) is 6.85. The number of carbonyl (C=O) groups excluding carboxylic acids is 2. The number of aromatic hydroxyl groups is 1. The number of ether oxygens (including phenoxy) is 2. The molecule has 0 bridgehead atoms. The van der Waals surface area contributed by atoms with Gasteiger partial charge in [0, 0.05) is 13.1 Å². The standard InChI is InChI=1S/C16H21NO5/c1-5-17(9-11(2)3)14(18)10-22-16(20)12-7-6-8-13(21-4)15(12)19/h6-8,19H,2,5,9-10H2,1,3-4H3. The second kappa shape index (κ2) is 8.07. The molecule has 0 aromatic heterocycles. The molecule has 0 unspecified atom stereocenters. The van der Waals surface area contributed by atoms with Crippen LogP contribution in [0.25, 0.3) is 0 Å². The largest absolute Gasteiger partial charge is 0.504 e. The Morgan fingerprint density at radius 2 is 2.05 bits per heavy atom. The van der Waals surface area contributed by atoms with Crippen molar-refractivity contribution in [2.24, 2.45) is 0 Å². The lowest BCUT2D eigenvalue weighted by molar-refractivity contribution is -0.133. The van der Waals surface area contributed by atoms with Crippen LogP contribution in [0.2, 0.25) is 0 Å². The number of amides is 1. The lowest BCUT2D eigenvalue weighted by atomic mass is 10.2. The molecule has 1 rings (SSSR count). The molecule has 0 saturated heterocycles. The molecule has 1 N–H and O–H groups in total. The Morgan fingerprint density at radius 1 is 1.36 bits per heavy atom. The third kappa shape index (κ3) is 4.51. The van der Waals surface area contributed by atoms with Crippen LogP contribution in [0.3, 0.4) is 0 Å². The fourth-order valence-corrected chi connectivity index (χ4v) is 1.85. The maximum Gasteiger partial charge on any atom is 0.342 e. The van der Waals surface area contributed by atoms with E-state index >= 15 is 0 Å². The van der Waals surface area contributed by atoms with Gasteiger partial charge in [-0.25, -0.2) is 4.79 Å². The van der Waals surface area contributed by atoms with Crippen LogP contribution in [0.4, 0.5) is 0 Å². The molecule has 0 heterocycles. The van der Waals surface area contributed by atoms with Gasteiger partial charge in [0.25, 0.3) is 5.91 Å². The fraction of sp³-hybridized carbons (Fsp3) is 0.375. The average molecular weight is 307 g/mol. The number of methoxy groups -OCH3 is 1. The molecular formula is C16H21NO5. The zero-order valence-electron chi connectivity index (χ0n) is 13.1. The van der Waals surface area contributed by atoms with Crippen molar-refractivity contribution < 1.29 is 24.2 Å². The van der Waals surface area contributed by atoms with Gasteiger partial charge in [0.05, 0.1) is 7.11 Å². The molecule has 1 aromatic rings. The highest BCUT2D eigenvalue weighted by Gasteiger charge is 2.19. The maximum absolute atomic E-state index is 12.0. The number of phenolic OH excluding ortho intramolecular Hbond substituents is 1. The highest BCUT2D eigenvalue weighted by Crippen LogP contribution is 2.29. The zero-order valence-corrected chi connectivity index (χ0v) is 13.1. The van der Waals surface area contributed by atoms with Crippen molar-refractivity contribution in [3.8, 4) is 11.5 Å². The number of carbonyl (C=O) groups is 2. The normalized spacial score (nSPS) is 9.95. The fourth-order valence-electron chi connectivity index (χ4n) is 1.85. The first-order chi connectivity index (χ1) is 10.4. The summed E-state index contributed by atoms with van der Waals surface area (Å²) in [5, 5.41) is 9.87. The van der Waals surface area contributed by atoms with Crippen LogP contribution in [0.1, 0.15) is 24.2 Å². The molecule has 22 heavy (non-hydrogen) atoms. The molecule has 0 fully saturated rings. The molecule has 1 amide bonds.